The average Bonchev–Trinajstić information content (AvgIpc) is 2.62. The molecule has 0 aliphatic rings. The first-order valence-electron chi connectivity index (χ1n) is 7.83. The van der Waals surface area contributed by atoms with Gasteiger partial charge in [-0.1, -0.05) is 11.6 Å². The molecule has 2 N–H and O–H groups in total. The summed E-state index contributed by atoms with van der Waals surface area (Å²) >= 11 is 5.96. The standard InChI is InChI=1S/C19H15ClN2O4/c1-2-25-19(24)11-3-6-14(7-4-11)22-18-15(17(21)23)10-12-9-13(20)5-8-16(12)26-18/h3-10H,2H2,1H3,(H2,21,23). The number of ether oxygens (including phenoxy) is 1. The normalized spacial score (nSPS) is 11.5. The lowest BCUT2D eigenvalue weighted by Gasteiger charge is -2.03. The molecule has 0 aliphatic carbocycles. The molecule has 0 spiro atoms. The molecule has 6 nitrogen and oxygen atoms in total. The monoisotopic (exact) mass is 370 g/mol. The molecule has 0 saturated carbocycles. The summed E-state index contributed by atoms with van der Waals surface area (Å²) in [7, 11) is 0. The summed E-state index contributed by atoms with van der Waals surface area (Å²) in [6, 6.07) is 13.0. The van der Waals surface area contributed by atoms with Gasteiger partial charge in [-0.2, -0.15) is 0 Å². The van der Waals surface area contributed by atoms with Crippen molar-refractivity contribution in [2.45, 2.75) is 6.92 Å². The molecule has 1 heterocycles. The van der Waals surface area contributed by atoms with Gasteiger partial charge in [0.05, 0.1) is 17.9 Å². The first kappa shape index (κ1) is 17.7. The van der Waals surface area contributed by atoms with Gasteiger partial charge in [-0.3, -0.25) is 4.79 Å². The minimum atomic E-state index is -0.669. The summed E-state index contributed by atoms with van der Waals surface area (Å²) < 4.78 is 10.6. The number of fused-ring (bicyclic) bond motifs is 1. The number of halogens is 1. The van der Waals surface area contributed by atoms with Crippen LogP contribution in [0.1, 0.15) is 27.6 Å². The number of amides is 1. The van der Waals surface area contributed by atoms with Crippen LogP contribution in [0.15, 0.2) is 57.9 Å². The van der Waals surface area contributed by atoms with E-state index in [9.17, 15) is 9.59 Å². The molecule has 0 unspecified atom stereocenters. The molecule has 3 aromatic rings. The Morgan fingerprint density at radius 1 is 1.15 bits per heavy atom. The number of carbonyl (C=O) groups excluding carboxylic acids is 2. The van der Waals surface area contributed by atoms with E-state index >= 15 is 0 Å². The van der Waals surface area contributed by atoms with Crippen LogP contribution < -0.4 is 11.3 Å². The molecule has 0 bridgehead atoms. The van der Waals surface area contributed by atoms with Crippen molar-refractivity contribution < 1.29 is 18.7 Å². The summed E-state index contributed by atoms with van der Waals surface area (Å²) in [4.78, 5) is 27.8. The fraction of sp³-hybridized carbons (Fsp3) is 0.105. The Morgan fingerprint density at radius 2 is 1.88 bits per heavy atom. The zero-order chi connectivity index (χ0) is 18.7. The number of primary amides is 1. The minimum absolute atomic E-state index is 0.0798. The van der Waals surface area contributed by atoms with E-state index in [4.69, 9.17) is 26.5 Å². The second-order valence-corrected chi connectivity index (χ2v) is 5.83. The Hall–Kier alpha value is -3.12. The molecule has 3 rings (SSSR count). The van der Waals surface area contributed by atoms with Gasteiger partial charge in [0.1, 0.15) is 11.1 Å². The fourth-order valence-electron chi connectivity index (χ4n) is 2.36. The van der Waals surface area contributed by atoms with Gasteiger partial charge in [0.15, 0.2) is 0 Å². The summed E-state index contributed by atoms with van der Waals surface area (Å²) in [6.07, 6.45) is 0. The Bertz CT molecular complexity index is 1060. The maximum absolute atomic E-state index is 11.8. The van der Waals surface area contributed by atoms with E-state index in [0.29, 0.717) is 33.8 Å². The number of benzene rings is 2. The van der Waals surface area contributed by atoms with Crippen LogP contribution in [0.5, 0.6) is 0 Å². The maximum Gasteiger partial charge on any atom is 0.338 e. The lowest BCUT2D eigenvalue weighted by molar-refractivity contribution is 0.0526. The van der Waals surface area contributed by atoms with Crippen molar-refractivity contribution >= 4 is 40.1 Å². The zero-order valence-corrected chi connectivity index (χ0v) is 14.6. The SMILES string of the molecule is CCOC(=O)c1ccc(N=c2oc3ccc(Cl)cc3cc2C(N)=O)cc1. The highest BCUT2D eigenvalue weighted by Gasteiger charge is 2.10. The van der Waals surface area contributed by atoms with Gasteiger partial charge in [0.25, 0.3) is 5.91 Å². The molecule has 1 amide bonds. The van der Waals surface area contributed by atoms with Gasteiger partial charge in [0, 0.05) is 10.4 Å². The third kappa shape index (κ3) is 3.75. The molecule has 2 aromatic carbocycles. The predicted molar refractivity (Wildman–Crippen MR) is 97.4 cm³/mol. The molecule has 0 saturated heterocycles. The van der Waals surface area contributed by atoms with Crippen molar-refractivity contribution in [2.75, 3.05) is 6.61 Å². The Labute approximate surface area is 153 Å². The first-order chi connectivity index (χ1) is 12.5. The molecule has 1 aromatic heterocycles. The average molecular weight is 371 g/mol. The van der Waals surface area contributed by atoms with Crippen molar-refractivity contribution in [3.8, 4) is 0 Å². The van der Waals surface area contributed by atoms with E-state index < -0.39 is 11.9 Å². The number of nitrogens with zero attached hydrogens (tertiary/aromatic N) is 1. The topological polar surface area (TPSA) is 94.9 Å². The van der Waals surface area contributed by atoms with E-state index in [-0.39, 0.29) is 11.1 Å². The van der Waals surface area contributed by atoms with Gasteiger partial charge in [-0.25, -0.2) is 9.79 Å². The molecule has 132 valence electrons. The molecule has 0 atom stereocenters. The quantitative estimate of drug-likeness (QED) is 0.710. The van der Waals surface area contributed by atoms with Crippen molar-refractivity contribution in [1.29, 1.82) is 0 Å². The number of hydrogen-bond acceptors (Lipinski definition) is 5. The van der Waals surface area contributed by atoms with Gasteiger partial charge in [0.2, 0.25) is 5.55 Å². The Morgan fingerprint density at radius 3 is 2.54 bits per heavy atom. The Balaban J connectivity index is 2.08. The van der Waals surface area contributed by atoms with Crippen LogP contribution in [0.3, 0.4) is 0 Å². The fourth-order valence-corrected chi connectivity index (χ4v) is 2.55. The lowest BCUT2D eigenvalue weighted by atomic mass is 10.1. The smallest absolute Gasteiger partial charge is 0.338 e. The van der Waals surface area contributed by atoms with Crippen LogP contribution in [-0.2, 0) is 4.74 Å². The molecule has 0 radical (unpaired) electrons. The van der Waals surface area contributed by atoms with E-state index in [0.717, 1.165) is 0 Å². The molecule has 7 heteroatoms. The molecule has 26 heavy (non-hydrogen) atoms. The number of hydrogen-bond donors (Lipinski definition) is 1. The van der Waals surface area contributed by atoms with Crippen LogP contribution in [0, 0.1) is 0 Å². The number of esters is 1. The van der Waals surface area contributed by atoms with E-state index in [1.165, 1.54) is 0 Å². The minimum Gasteiger partial charge on any atom is -0.462 e. The summed E-state index contributed by atoms with van der Waals surface area (Å²) in [5, 5.41) is 1.16. The lowest BCUT2D eigenvalue weighted by Crippen LogP contribution is -2.21. The summed E-state index contributed by atoms with van der Waals surface area (Å²) in [5.74, 6) is -1.08. The van der Waals surface area contributed by atoms with Crippen LogP contribution >= 0.6 is 11.6 Å². The summed E-state index contributed by atoms with van der Waals surface area (Å²) in [6.45, 7) is 2.04. The van der Waals surface area contributed by atoms with E-state index in [1.54, 1.807) is 55.5 Å². The molecular weight excluding hydrogens is 356 g/mol. The van der Waals surface area contributed by atoms with Crippen molar-refractivity contribution in [1.82, 2.24) is 0 Å². The van der Waals surface area contributed by atoms with Crippen molar-refractivity contribution in [3.05, 3.63) is 70.2 Å². The van der Waals surface area contributed by atoms with Crippen molar-refractivity contribution in [2.24, 2.45) is 10.7 Å². The molecule has 0 aliphatic heterocycles. The highest BCUT2D eigenvalue weighted by molar-refractivity contribution is 6.31. The summed E-state index contributed by atoms with van der Waals surface area (Å²) in [5.41, 5.74) is 7.08. The van der Waals surface area contributed by atoms with Crippen LogP contribution in [0.25, 0.3) is 11.0 Å². The van der Waals surface area contributed by atoms with Crippen LogP contribution in [0.2, 0.25) is 5.02 Å². The van der Waals surface area contributed by atoms with Crippen molar-refractivity contribution in [3.63, 3.8) is 0 Å². The van der Waals surface area contributed by atoms with E-state index in [1.807, 2.05) is 0 Å². The third-order valence-corrected chi connectivity index (χ3v) is 3.82. The zero-order valence-electron chi connectivity index (χ0n) is 13.9. The van der Waals surface area contributed by atoms with Gasteiger partial charge >= 0.3 is 5.97 Å². The molecular formula is C19H15ClN2O4. The van der Waals surface area contributed by atoms with Gasteiger partial charge in [-0.05, 0) is 55.5 Å². The third-order valence-electron chi connectivity index (χ3n) is 3.58. The second kappa shape index (κ2) is 7.41. The largest absolute Gasteiger partial charge is 0.462 e. The first-order valence-corrected chi connectivity index (χ1v) is 8.21. The highest BCUT2D eigenvalue weighted by atomic mass is 35.5. The van der Waals surface area contributed by atoms with Crippen LogP contribution in [0.4, 0.5) is 5.69 Å². The second-order valence-electron chi connectivity index (χ2n) is 5.39. The molecule has 0 fully saturated rings. The Kier molecular flexibility index (Phi) is 5.04. The predicted octanol–water partition coefficient (Wildman–Crippen LogP) is 3.59. The van der Waals surface area contributed by atoms with Crippen LogP contribution in [-0.4, -0.2) is 18.5 Å². The number of rotatable bonds is 4. The number of nitrogens with two attached hydrogens (primary N) is 1. The van der Waals surface area contributed by atoms with E-state index in [2.05, 4.69) is 4.99 Å². The van der Waals surface area contributed by atoms with Gasteiger partial charge in [-0.15, -0.1) is 0 Å². The van der Waals surface area contributed by atoms with Gasteiger partial charge < -0.3 is 14.9 Å². The maximum atomic E-state index is 11.8. The number of carbonyl (C=O) groups is 2. The highest BCUT2D eigenvalue weighted by Crippen LogP contribution is 2.20.